The summed E-state index contributed by atoms with van der Waals surface area (Å²) in [6, 6.07) is 9.07. The Morgan fingerprint density at radius 2 is 2.04 bits per heavy atom. The summed E-state index contributed by atoms with van der Waals surface area (Å²) in [7, 11) is -3.78. The number of nitrogens with one attached hydrogen (secondary N) is 2. The van der Waals surface area contributed by atoms with Crippen LogP contribution >= 0.6 is 11.6 Å². The first-order valence-corrected chi connectivity index (χ1v) is 9.60. The summed E-state index contributed by atoms with van der Waals surface area (Å²) in [5, 5.41) is 0.708. The lowest BCUT2D eigenvalue weighted by Crippen LogP contribution is -2.23. The van der Waals surface area contributed by atoms with Crippen LogP contribution < -0.4 is 4.72 Å². The summed E-state index contributed by atoms with van der Waals surface area (Å²) in [5.41, 5.74) is 2.10. The Kier molecular flexibility index (Phi) is 4.23. The molecule has 3 aromatic heterocycles. The second kappa shape index (κ2) is 6.56. The first-order chi connectivity index (χ1) is 12.6. The normalized spacial score (nSPS) is 11.9. The van der Waals surface area contributed by atoms with Crippen LogP contribution in [-0.4, -0.2) is 27.9 Å². The molecule has 4 aromatic rings. The van der Waals surface area contributed by atoms with E-state index in [1.165, 1.54) is 12.4 Å². The number of rotatable bonds is 5. The van der Waals surface area contributed by atoms with Crippen LogP contribution in [0.2, 0.25) is 5.02 Å². The molecule has 0 atom stereocenters. The topological polar surface area (TPSA) is 92.7 Å². The molecule has 7 nitrogen and oxygen atoms in total. The smallest absolute Gasteiger partial charge is 0.243 e. The average Bonchev–Trinajstić information content (AvgIpc) is 3.31. The van der Waals surface area contributed by atoms with E-state index in [9.17, 15) is 8.42 Å². The summed E-state index contributed by atoms with van der Waals surface area (Å²) in [5.74, 6) is 0. The van der Waals surface area contributed by atoms with Crippen molar-refractivity contribution in [1.29, 1.82) is 0 Å². The SMILES string of the molecule is O=S(=O)(NCc1ccccc1-n1ccnc1)c1c[nH]c2nccc(Cl)c12. The maximum Gasteiger partial charge on any atom is 0.243 e. The van der Waals surface area contributed by atoms with Crippen LogP contribution in [0.4, 0.5) is 0 Å². The Labute approximate surface area is 154 Å². The van der Waals surface area contributed by atoms with E-state index in [4.69, 9.17) is 11.6 Å². The van der Waals surface area contributed by atoms with E-state index in [0.29, 0.717) is 16.1 Å². The lowest BCUT2D eigenvalue weighted by atomic mass is 10.2. The Morgan fingerprint density at radius 1 is 1.19 bits per heavy atom. The molecular formula is C17H14ClN5O2S. The van der Waals surface area contributed by atoms with Gasteiger partial charge in [0.15, 0.2) is 0 Å². The predicted octanol–water partition coefficient (Wildman–Crippen LogP) is 2.88. The molecule has 0 radical (unpaired) electrons. The summed E-state index contributed by atoms with van der Waals surface area (Å²) in [6.45, 7) is 0.126. The van der Waals surface area contributed by atoms with Crippen LogP contribution in [0.25, 0.3) is 16.7 Å². The zero-order chi connectivity index (χ0) is 18.1. The number of para-hydroxylation sites is 1. The van der Waals surface area contributed by atoms with E-state index >= 15 is 0 Å². The molecule has 9 heteroatoms. The van der Waals surface area contributed by atoms with E-state index in [-0.39, 0.29) is 11.4 Å². The van der Waals surface area contributed by atoms with Crippen molar-refractivity contribution in [1.82, 2.24) is 24.2 Å². The van der Waals surface area contributed by atoms with Crippen molar-refractivity contribution in [2.24, 2.45) is 0 Å². The molecule has 0 unspecified atom stereocenters. The molecule has 0 spiro atoms. The highest BCUT2D eigenvalue weighted by Gasteiger charge is 2.21. The van der Waals surface area contributed by atoms with Crippen LogP contribution in [0.1, 0.15) is 5.56 Å². The van der Waals surface area contributed by atoms with Gasteiger partial charge in [-0.15, -0.1) is 0 Å². The average molecular weight is 388 g/mol. The molecule has 0 bridgehead atoms. The summed E-state index contributed by atoms with van der Waals surface area (Å²) < 4.78 is 30.0. The highest BCUT2D eigenvalue weighted by molar-refractivity contribution is 7.89. The molecular weight excluding hydrogens is 374 g/mol. The molecule has 132 valence electrons. The van der Waals surface area contributed by atoms with Crippen LogP contribution in [0.15, 0.2) is 66.3 Å². The highest BCUT2D eigenvalue weighted by atomic mass is 35.5. The summed E-state index contributed by atoms with van der Waals surface area (Å²) in [4.78, 5) is 11.0. The van der Waals surface area contributed by atoms with Crippen molar-refractivity contribution in [3.63, 3.8) is 0 Å². The maximum atomic E-state index is 12.8. The molecule has 2 N–H and O–H groups in total. The van der Waals surface area contributed by atoms with Gasteiger partial charge in [0.05, 0.1) is 22.4 Å². The lowest BCUT2D eigenvalue weighted by molar-refractivity contribution is 0.582. The van der Waals surface area contributed by atoms with Gasteiger partial charge in [-0.1, -0.05) is 29.8 Å². The van der Waals surface area contributed by atoms with Gasteiger partial charge in [-0.05, 0) is 17.7 Å². The summed E-state index contributed by atoms with van der Waals surface area (Å²) in [6.07, 6.45) is 8.05. The number of hydrogen-bond donors (Lipinski definition) is 2. The third kappa shape index (κ3) is 2.98. The van der Waals surface area contributed by atoms with Gasteiger partial charge < -0.3 is 9.55 Å². The Hall–Kier alpha value is -2.68. The van der Waals surface area contributed by atoms with E-state index in [2.05, 4.69) is 19.7 Å². The molecule has 0 amide bonds. The van der Waals surface area contributed by atoms with Gasteiger partial charge in [0.2, 0.25) is 10.0 Å². The lowest BCUT2D eigenvalue weighted by Gasteiger charge is -2.11. The zero-order valence-electron chi connectivity index (χ0n) is 13.4. The number of fused-ring (bicyclic) bond motifs is 1. The Morgan fingerprint density at radius 3 is 2.85 bits per heavy atom. The van der Waals surface area contributed by atoms with Crippen molar-refractivity contribution < 1.29 is 8.42 Å². The minimum absolute atomic E-state index is 0.0747. The molecule has 0 aliphatic rings. The van der Waals surface area contributed by atoms with E-state index < -0.39 is 10.0 Å². The molecule has 1 aromatic carbocycles. The third-order valence-corrected chi connectivity index (χ3v) is 5.74. The van der Waals surface area contributed by atoms with Gasteiger partial charge >= 0.3 is 0 Å². The fourth-order valence-corrected chi connectivity index (χ4v) is 4.26. The van der Waals surface area contributed by atoms with Crippen molar-refractivity contribution in [2.45, 2.75) is 11.4 Å². The number of imidazole rings is 1. The minimum Gasteiger partial charge on any atom is -0.345 e. The Bertz CT molecular complexity index is 1170. The fraction of sp³-hybridized carbons (Fsp3) is 0.0588. The summed E-state index contributed by atoms with van der Waals surface area (Å²) >= 11 is 6.16. The van der Waals surface area contributed by atoms with Gasteiger partial charge in [-0.25, -0.2) is 23.1 Å². The van der Waals surface area contributed by atoms with Gasteiger partial charge in [-0.3, -0.25) is 0 Å². The predicted molar refractivity (Wildman–Crippen MR) is 98.7 cm³/mol. The molecule has 0 aliphatic carbocycles. The fourth-order valence-electron chi connectivity index (χ4n) is 2.76. The van der Waals surface area contributed by atoms with Crippen molar-refractivity contribution in [3.8, 4) is 5.69 Å². The number of H-pyrrole nitrogens is 1. The monoisotopic (exact) mass is 387 g/mol. The molecule has 26 heavy (non-hydrogen) atoms. The quantitative estimate of drug-likeness (QED) is 0.550. The number of pyridine rings is 1. The van der Waals surface area contributed by atoms with Crippen LogP contribution in [0, 0.1) is 0 Å². The van der Waals surface area contributed by atoms with Crippen molar-refractivity contribution in [2.75, 3.05) is 0 Å². The van der Waals surface area contributed by atoms with Gasteiger partial charge in [0.25, 0.3) is 0 Å². The first-order valence-electron chi connectivity index (χ1n) is 7.74. The number of aromatic amines is 1. The molecule has 0 saturated carbocycles. The van der Waals surface area contributed by atoms with E-state index in [0.717, 1.165) is 11.3 Å². The zero-order valence-corrected chi connectivity index (χ0v) is 15.0. The van der Waals surface area contributed by atoms with Gasteiger partial charge in [-0.2, -0.15) is 0 Å². The molecule has 3 heterocycles. The van der Waals surface area contributed by atoms with Crippen molar-refractivity contribution in [3.05, 3.63) is 72.0 Å². The standard InChI is InChI=1S/C17H14ClN5O2S/c18-13-5-6-20-17-16(13)15(10-21-17)26(24,25)22-9-12-3-1-2-4-14(12)23-8-7-19-11-23/h1-8,10-11,22H,9H2,(H,20,21). The van der Waals surface area contributed by atoms with E-state index in [1.54, 1.807) is 24.8 Å². The number of halogens is 1. The van der Waals surface area contributed by atoms with Crippen LogP contribution in [-0.2, 0) is 16.6 Å². The minimum atomic E-state index is -3.78. The maximum absolute atomic E-state index is 12.8. The molecule has 0 saturated heterocycles. The highest BCUT2D eigenvalue weighted by Crippen LogP contribution is 2.28. The Balaban J connectivity index is 1.66. The van der Waals surface area contributed by atoms with Crippen LogP contribution in [0.5, 0.6) is 0 Å². The largest absolute Gasteiger partial charge is 0.345 e. The molecule has 4 rings (SSSR count). The van der Waals surface area contributed by atoms with Crippen molar-refractivity contribution >= 4 is 32.7 Å². The van der Waals surface area contributed by atoms with E-state index in [1.807, 2.05) is 28.8 Å². The molecule has 0 fully saturated rings. The van der Waals surface area contributed by atoms with Crippen LogP contribution in [0.3, 0.4) is 0 Å². The first kappa shape index (κ1) is 16.8. The number of aromatic nitrogens is 4. The number of hydrogen-bond acceptors (Lipinski definition) is 4. The second-order valence-corrected chi connectivity index (χ2v) is 7.74. The number of sulfonamides is 1. The number of nitrogens with zero attached hydrogens (tertiary/aromatic N) is 3. The second-order valence-electron chi connectivity index (χ2n) is 5.59. The number of benzene rings is 1. The molecule has 0 aliphatic heterocycles. The van der Waals surface area contributed by atoms with Gasteiger partial charge in [0, 0.05) is 31.3 Å². The third-order valence-electron chi connectivity index (χ3n) is 4.00. The van der Waals surface area contributed by atoms with Gasteiger partial charge in [0.1, 0.15) is 10.5 Å².